The van der Waals surface area contributed by atoms with Crippen molar-refractivity contribution < 1.29 is 14.3 Å². The van der Waals surface area contributed by atoms with Crippen LogP contribution >= 0.6 is 11.8 Å². The lowest BCUT2D eigenvalue weighted by Gasteiger charge is -2.23. The second kappa shape index (κ2) is 10.2. The maximum absolute atomic E-state index is 13.3. The highest BCUT2D eigenvalue weighted by atomic mass is 32.2. The molecule has 2 unspecified atom stereocenters. The molecule has 170 valence electrons. The largest absolute Gasteiger partial charge is 0.383 e. The molecule has 1 aliphatic heterocycles. The minimum absolute atomic E-state index is 0.0652. The highest BCUT2D eigenvalue weighted by Gasteiger charge is 2.41. The van der Waals surface area contributed by atoms with E-state index in [2.05, 4.69) is 5.32 Å². The van der Waals surface area contributed by atoms with Crippen molar-refractivity contribution in [3.8, 4) is 0 Å². The van der Waals surface area contributed by atoms with Crippen LogP contribution in [0, 0.1) is 6.92 Å². The number of nitrogens with zero attached hydrogens (tertiary/aromatic N) is 2. The van der Waals surface area contributed by atoms with Crippen LogP contribution in [0.3, 0.4) is 0 Å². The smallest absolute Gasteiger partial charge is 0.243 e. The van der Waals surface area contributed by atoms with Crippen molar-refractivity contribution in [2.24, 2.45) is 4.99 Å². The highest BCUT2D eigenvalue weighted by molar-refractivity contribution is 8.15. The van der Waals surface area contributed by atoms with Gasteiger partial charge in [-0.1, -0.05) is 66.4 Å². The number of ether oxygens (including phenoxy) is 1. The van der Waals surface area contributed by atoms with Gasteiger partial charge in [-0.15, -0.1) is 0 Å². The highest BCUT2D eigenvalue weighted by Crippen LogP contribution is 2.34. The Labute approximate surface area is 198 Å². The van der Waals surface area contributed by atoms with Gasteiger partial charge in [0, 0.05) is 24.6 Å². The van der Waals surface area contributed by atoms with Gasteiger partial charge in [0.2, 0.25) is 11.8 Å². The van der Waals surface area contributed by atoms with Crippen molar-refractivity contribution in [2.45, 2.75) is 31.6 Å². The molecule has 4 rings (SSSR count). The number of thioether (sulfide) groups is 1. The van der Waals surface area contributed by atoms with Gasteiger partial charge >= 0.3 is 0 Å². The molecule has 1 heterocycles. The number of methoxy groups -OCH3 is 1. The molecule has 0 bridgehead atoms. The second-order valence-electron chi connectivity index (χ2n) is 8.08. The number of aliphatic imine (C=N–C) groups is 1. The summed E-state index contributed by atoms with van der Waals surface area (Å²) >= 11 is 1.34. The van der Waals surface area contributed by atoms with Gasteiger partial charge in [0.25, 0.3) is 0 Å². The Kier molecular flexibility index (Phi) is 7.11. The summed E-state index contributed by atoms with van der Waals surface area (Å²) in [6, 6.07) is 21.3. The van der Waals surface area contributed by atoms with Crippen molar-refractivity contribution >= 4 is 50.9 Å². The molecule has 0 aliphatic carbocycles. The molecule has 7 heteroatoms. The van der Waals surface area contributed by atoms with Crippen LogP contribution in [0.2, 0.25) is 0 Å². The standard InChI is InChI=1S/C26H27N3O3S/c1-17-9-4-7-13-21(17)28-26-29(18(2)16-32-3)25(31)23(33-26)15-24(30)27-22-14-8-11-19-10-5-6-12-20(19)22/h4-14,18,23H,15-16H2,1-3H3,(H,27,30). The molecule has 0 radical (unpaired) electrons. The van der Waals surface area contributed by atoms with Crippen molar-refractivity contribution in [1.82, 2.24) is 4.90 Å². The van der Waals surface area contributed by atoms with Gasteiger partial charge in [0.05, 0.1) is 18.3 Å². The number of amides is 2. The van der Waals surface area contributed by atoms with Crippen molar-refractivity contribution in [2.75, 3.05) is 19.0 Å². The topological polar surface area (TPSA) is 71.0 Å². The number of benzene rings is 3. The van der Waals surface area contributed by atoms with Crippen LogP contribution in [0.4, 0.5) is 11.4 Å². The number of hydrogen-bond donors (Lipinski definition) is 1. The zero-order chi connectivity index (χ0) is 23.4. The fraction of sp³-hybridized carbons (Fsp3) is 0.269. The van der Waals surface area contributed by atoms with E-state index in [4.69, 9.17) is 9.73 Å². The van der Waals surface area contributed by atoms with Gasteiger partial charge in [-0.2, -0.15) is 0 Å². The predicted octanol–water partition coefficient (Wildman–Crippen LogP) is 5.14. The van der Waals surface area contributed by atoms with E-state index in [1.54, 1.807) is 12.0 Å². The number of fused-ring (bicyclic) bond motifs is 1. The number of nitrogens with one attached hydrogen (secondary N) is 1. The normalized spacial score (nSPS) is 18.2. The molecule has 0 spiro atoms. The summed E-state index contributed by atoms with van der Waals surface area (Å²) in [5, 5.41) is 5.07. The number of carbonyl (C=O) groups is 2. The van der Waals surface area contributed by atoms with Crippen LogP contribution in [0.1, 0.15) is 18.9 Å². The fourth-order valence-corrected chi connectivity index (χ4v) is 5.15. The summed E-state index contributed by atoms with van der Waals surface area (Å²) in [7, 11) is 1.61. The Balaban J connectivity index is 1.55. The molecular formula is C26H27N3O3S. The van der Waals surface area contributed by atoms with Crippen LogP contribution in [0.5, 0.6) is 0 Å². The van der Waals surface area contributed by atoms with Crippen LogP contribution in [0.25, 0.3) is 10.8 Å². The summed E-state index contributed by atoms with van der Waals surface area (Å²) in [6.45, 7) is 4.29. The van der Waals surface area contributed by atoms with E-state index < -0.39 is 5.25 Å². The van der Waals surface area contributed by atoms with Gasteiger partial charge in [-0.3, -0.25) is 14.5 Å². The lowest BCUT2D eigenvalue weighted by atomic mass is 10.1. The maximum Gasteiger partial charge on any atom is 0.243 e. The van der Waals surface area contributed by atoms with Crippen molar-refractivity contribution in [1.29, 1.82) is 0 Å². The third-order valence-corrected chi connectivity index (χ3v) is 6.73. The first kappa shape index (κ1) is 23.0. The van der Waals surface area contributed by atoms with E-state index in [-0.39, 0.29) is 24.3 Å². The van der Waals surface area contributed by atoms with E-state index >= 15 is 0 Å². The number of rotatable bonds is 7. The monoisotopic (exact) mass is 461 g/mol. The van der Waals surface area contributed by atoms with Crippen LogP contribution in [-0.2, 0) is 14.3 Å². The third kappa shape index (κ3) is 5.10. The van der Waals surface area contributed by atoms with Gasteiger partial charge in [0.1, 0.15) is 5.25 Å². The summed E-state index contributed by atoms with van der Waals surface area (Å²) in [6.07, 6.45) is 0.0652. The molecule has 1 fully saturated rings. The van der Waals surface area contributed by atoms with E-state index in [0.29, 0.717) is 11.8 Å². The third-order valence-electron chi connectivity index (χ3n) is 5.58. The number of hydrogen-bond acceptors (Lipinski definition) is 5. The molecule has 1 saturated heterocycles. The van der Waals surface area contributed by atoms with E-state index in [0.717, 1.165) is 27.7 Å². The summed E-state index contributed by atoms with van der Waals surface area (Å²) < 4.78 is 5.29. The Morgan fingerprint density at radius 2 is 1.85 bits per heavy atom. The second-order valence-corrected chi connectivity index (χ2v) is 9.25. The molecule has 2 atom stereocenters. The molecule has 3 aromatic rings. The predicted molar refractivity (Wildman–Crippen MR) is 135 cm³/mol. The van der Waals surface area contributed by atoms with Gasteiger partial charge < -0.3 is 10.1 Å². The first-order valence-corrected chi connectivity index (χ1v) is 11.8. The number of amidine groups is 1. The molecule has 6 nitrogen and oxygen atoms in total. The molecule has 33 heavy (non-hydrogen) atoms. The van der Waals surface area contributed by atoms with Gasteiger partial charge in [0.15, 0.2) is 5.17 Å². The maximum atomic E-state index is 13.3. The number of aryl methyl sites for hydroxylation is 1. The van der Waals surface area contributed by atoms with Gasteiger partial charge in [-0.05, 0) is 36.9 Å². The van der Waals surface area contributed by atoms with E-state index in [1.807, 2.05) is 80.6 Å². The van der Waals surface area contributed by atoms with E-state index in [1.165, 1.54) is 11.8 Å². The molecule has 0 aromatic heterocycles. The Bertz CT molecular complexity index is 1200. The van der Waals surface area contributed by atoms with Crippen LogP contribution in [-0.4, -0.2) is 46.9 Å². The zero-order valence-electron chi connectivity index (χ0n) is 18.9. The number of anilines is 1. The first-order valence-electron chi connectivity index (χ1n) is 10.9. The van der Waals surface area contributed by atoms with E-state index in [9.17, 15) is 9.59 Å². The number of carbonyl (C=O) groups excluding carboxylic acids is 2. The molecule has 2 amide bonds. The Hall–Kier alpha value is -3.16. The zero-order valence-corrected chi connectivity index (χ0v) is 19.8. The SMILES string of the molecule is COCC(C)N1C(=O)C(CC(=O)Nc2cccc3ccccc23)SC1=Nc1ccccc1C. The Morgan fingerprint density at radius 3 is 2.64 bits per heavy atom. The average Bonchev–Trinajstić information content (AvgIpc) is 3.10. The summed E-state index contributed by atoms with van der Waals surface area (Å²) in [4.78, 5) is 32.7. The Morgan fingerprint density at radius 1 is 1.12 bits per heavy atom. The lowest BCUT2D eigenvalue weighted by Crippen LogP contribution is -2.42. The van der Waals surface area contributed by atoms with Crippen molar-refractivity contribution in [3.05, 3.63) is 72.3 Å². The van der Waals surface area contributed by atoms with Crippen molar-refractivity contribution in [3.63, 3.8) is 0 Å². The fourth-order valence-electron chi connectivity index (χ4n) is 3.91. The average molecular weight is 462 g/mol. The quantitative estimate of drug-likeness (QED) is 0.529. The van der Waals surface area contributed by atoms with Crippen LogP contribution < -0.4 is 5.32 Å². The minimum atomic E-state index is -0.540. The molecule has 1 aliphatic rings. The minimum Gasteiger partial charge on any atom is -0.383 e. The summed E-state index contributed by atoms with van der Waals surface area (Å²) in [5.74, 6) is -0.321. The molecule has 3 aromatic carbocycles. The lowest BCUT2D eigenvalue weighted by molar-refractivity contribution is -0.130. The molecule has 1 N–H and O–H groups in total. The van der Waals surface area contributed by atoms with Gasteiger partial charge in [-0.25, -0.2) is 4.99 Å². The number of para-hydroxylation sites is 1. The first-order chi connectivity index (χ1) is 16.0. The van der Waals surface area contributed by atoms with Crippen LogP contribution in [0.15, 0.2) is 71.7 Å². The summed E-state index contributed by atoms with van der Waals surface area (Å²) in [5.41, 5.74) is 2.57. The molecular weight excluding hydrogens is 434 g/mol. The molecule has 0 saturated carbocycles.